The summed E-state index contributed by atoms with van der Waals surface area (Å²) in [5.41, 5.74) is 1.34. The molecule has 0 N–H and O–H groups in total. The minimum Gasteiger partial charge on any atom is -0.490 e. The zero-order chi connectivity index (χ0) is 14.3. The second kappa shape index (κ2) is 7.23. The minimum atomic E-state index is 0.326. The minimum absolute atomic E-state index is 0.326. The van der Waals surface area contributed by atoms with Crippen molar-refractivity contribution in [2.24, 2.45) is 0 Å². The summed E-state index contributed by atoms with van der Waals surface area (Å²) in [7, 11) is 0. The molecule has 1 atom stereocenters. The van der Waals surface area contributed by atoms with Gasteiger partial charge in [0.2, 0.25) is 0 Å². The first-order chi connectivity index (χ1) is 10.4. The van der Waals surface area contributed by atoms with Crippen LogP contribution in [-0.2, 0) is 0 Å². The Morgan fingerprint density at radius 3 is 2.52 bits per heavy atom. The van der Waals surface area contributed by atoms with E-state index in [2.05, 4.69) is 40.2 Å². The standard InChI is InChI=1S/C18H22N2O/c1-3-8-16(9-4-1)18(20-12-5-2-6-13-20)15-21-17-10-7-11-19-14-17/h1,3-4,7-11,14,18H,2,5-6,12-13,15H2/t18-/m0/s1. The van der Waals surface area contributed by atoms with Crippen LogP contribution in [0.1, 0.15) is 30.9 Å². The number of ether oxygens (including phenoxy) is 1. The summed E-state index contributed by atoms with van der Waals surface area (Å²) in [6.07, 6.45) is 7.47. The molecular formula is C18H22N2O. The SMILES string of the molecule is c1ccc([C@H](COc2cccnc2)N2CCCCC2)cc1. The second-order valence-corrected chi connectivity index (χ2v) is 5.52. The van der Waals surface area contributed by atoms with Gasteiger partial charge in [0.25, 0.3) is 0 Å². The smallest absolute Gasteiger partial charge is 0.137 e. The lowest BCUT2D eigenvalue weighted by molar-refractivity contribution is 0.114. The summed E-state index contributed by atoms with van der Waals surface area (Å²) in [5, 5.41) is 0. The Bertz CT molecular complexity index is 523. The van der Waals surface area contributed by atoms with E-state index in [1.807, 2.05) is 12.1 Å². The number of piperidine rings is 1. The first-order valence-electron chi connectivity index (χ1n) is 7.75. The van der Waals surface area contributed by atoms with Gasteiger partial charge in [-0.2, -0.15) is 0 Å². The van der Waals surface area contributed by atoms with Crippen LogP contribution in [0.5, 0.6) is 5.75 Å². The molecule has 0 spiro atoms. The lowest BCUT2D eigenvalue weighted by Gasteiger charge is -2.34. The van der Waals surface area contributed by atoms with Gasteiger partial charge < -0.3 is 4.74 Å². The van der Waals surface area contributed by atoms with E-state index in [0.29, 0.717) is 12.6 Å². The van der Waals surface area contributed by atoms with Crippen molar-refractivity contribution in [2.45, 2.75) is 25.3 Å². The summed E-state index contributed by atoms with van der Waals surface area (Å²) in [5.74, 6) is 0.843. The van der Waals surface area contributed by atoms with Crippen molar-refractivity contribution in [3.63, 3.8) is 0 Å². The summed E-state index contributed by atoms with van der Waals surface area (Å²) in [6.45, 7) is 3.00. The van der Waals surface area contributed by atoms with Crippen LogP contribution >= 0.6 is 0 Å². The Morgan fingerprint density at radius 2 is 1.81 bits per heavy atom. The van der Waals surface area contributed by atoms with Crippen LogP contribution in [0, 0.1) is 0 Å². The molecule has 1 aromatic heterocycles. The van der Waals surface area contributed by atoms with Gasteiger partial charge in [-0.25, -0.2) is 0 Å². The molecule has 0 bridgehead atoms. The van der Waals surface area contributed by atoms with Gasteiger partial charge in [0.05, 0.1) is 12.2 Å². The molecule has 0 saturated carbocycles. The summed E-state index contributed by atoms with van der Waals surface area (Å²) in [6, 6.07) is 14.9. The number of rotatable bonds is 5. The number of pyridine rings is 1. The average Bonchev–Trinajstić information content (AvgIpc) is 2.58. The molecular weight excluding hydrogens is 260 g/mol. The maximum atomic E-state index is 5.97. The number of likely N-dealkylation sites (tertiary alicyclic amines) is 1. The van der Waals surface area contributed by atoms with Gasteiger partial charge in [-0.15, -0.1) is 0 Å². The van der Waals surface area contributed by atoms with Gasteiger partial charge in [-0.3, -0.25) is 9.88 Å². The third-order valence-electron chi connectivity index (χ3n) is 4.06. The summed E-state index contributed by atoms with van der Waals surface area (Å²) in [4.78, 5) is 6.66. The predicted molar refractivity (Wildman–Crippen MR) is 84.3 cm³/mol. The van der Waals surface area contributed by atoms with E-state index in [1.54, 1.807) is 12.4 Å². The summed E-state index contributed by atoms with van der Waals surface area (Å²) >= 11 is 0. The zero-order valence-corrected chi connectivity index (χ0v) is 12.3. The topological polar surface area (TPSA) is 25.4 Å². The average molecular weight is 282 g/mol. The fourth-order valence-corrected chi connectivity index (χ4v) is 2.93. The quantitative estimate of drug-likeness (QED) is 0.836. The number of hydrogen-bond donors (Lipinski definition) is 0. The first-order valence-corrected chi connectivity index (χ1v) is 7.75. The molecule has 1 fully saturated rings. The molecule has 3 rings (SSSR count). The van der Waals surface area contributed by atoms with Crippen LogP contribution in [0.4, 0.5) is 0 Å². The Hall–Kier alpha value is -1.87. The van der Waals surface area contributed by atoms with E-state index in [1.165, 1.54) is 24.8 Å². The molecule has 1 aliphatic heterocycles. The highest BCUT2D eigenvalue weighted by Crippen LogP contribution is 2.25. The van der Waals surface area contributed by atoms with Crippen molar-refractivity contribution in [1.29, 1.82) is 0 Å². The van der Waals surface area contributed by atoms with E-state index in [0.717, 1.165) is 18.8 Å². The molecule has 3 nitrogen and oxygen atoms in total. The van der Waals surface area contributed by atoms with Crippen LogP contribution in [0.15, 0.2) is 54.9 Å². The van der Waals surface area contributed by atoms with Crippen LogP contribution < -0.4 is 4.74 Å². The van der Waals surface area contributed by atoms with Crippen molar-refractivity contribution >= 4 is 0 Å². The number of nitrogens with zero attached hydrogens (tertiary/aromatic N) is 2. The van der Waals surface area contributed by atoms with E-state index < -0.39 is 0 Å². The molecule has 2 aromatic rings. The molecule has 0 amide bonds. The van der Waals surface area contributed by atoms with E-state index >= 15 is 0 Å². The monoisotopic (exact) mass is 282 g/mol. The van der Waals surface area contributed by atoms with Crippen LogP contribution in [-0.4, -0.2) is 29.6 Å². The lowest BCUT2D eigenvalue weighted by atomic mass is 10.0. The number of benzene rings is 1. The Morgan fingerprint density at radius 1 is 1.00 bits per heavy atom. The third kappa shape index (κ3) is 3.82. The largest absolute Gasteiger partial charge is 0.490 e. The van der Waals surface area contributed by atoms with Crippen molar-refractivity contribution in [1.82, 2.24) is 9.88 Å². The normalized spacial score (nSPS) is 17.3. The predicted octanol–water partition coefficient (Wildman–Crippen LogP) is 3.69. The van der Waals surface area contributed by atoms with Gasteiger partial charge >= 0.3 is 0 Å². The molecule has 0 aliphatic carbocycles. The first kappa shape index (κ1) is 14.1. The Kier molecular flexibility index (Phi) is 4.85. The van der Waals surface area contributed by atoms with Gasteiger partial charge in [-0.05, 0) is 43.6 Å². The second-order valence-electron chi connectivity index (χ2n) is 5.52. The maximum Gasteiger partial charge on any atom is 0.137 e. The molecule has 0 radical (unpaired) electrons. The van der Waals surface area contributed by atoms with Crippen molar-refractivity contribution < 1.29 is 4.74 Å². The lowest BCUT2D eigenvalue weighted by Crippen LogP contribution is -2.36. The molecule has 1 aliphatic rings. The van der Waals surface area contributed by atoms with Crippen LogP contribution in [0.25, 0.3) is 0 Å². The highest BCUT2D eigenvalue weighted by molar-refractivity contribution is 5.21. The molecule has 21 heavy (non-hydrogen) atoms. The number of aromatic nitrogens is 1. The van der Waals surface area contributed by atoms with Crippen molar-refractivity contribution in [3.05, 3.63) is 60.4 Å². The molecule has 0 unspecified atom stereocenters. The fraction of sp³-hybridized carbons (Fsp3) is 0.389. The van der Waals surface area contributed by atoms with Crippen molar-refractivity contribution in [3.8, 4) is 5.75 Å². The molecule has 2 heterocycles. The maximum absolute atomic E-state index is 5.97. The highest BCUT2D eigenvalue weighted by Gasteiger charge is 2.22. The van der Waals surface area contributed by atoms with E-state index in [4.69, 9.17) is 4.74 Å². The van der Waals surface area contributed by atoms with Gasteiger partial charge in [0, 0.05) is 6.20 Å². The van der Waals surface area contributed by atoms with Crippen LogP contribution in [0.3, 0.4) is 0 Å². The molecule has 1 saturated heterocycles. The van der Waals surface area contributed by atoms with E-state index in [9.17, 15) is 0 Å². The third-order valence-corrected chi connectivity index (χ3v) is 4.06. The van der Waals surface area contributed by atoms with Crippen LogP contribution in [0.2, 0.25) is 0 Å². The van der Waals surface area contributed by atoms with E-state index in [-0.39, 0.29) is 0 Å². The molecule has 1 aromatic carbocycles. The molecule has 3 heteroatoms. The van der Waals surface area contributed by atoms with Gasteiger partial charge in [-0.1, -0.05) is 36.8 Å². The zero-order valence-electron chi connectivity index (χ0n) is 12.3. The Balaban J connectivity index is 1.72. The number of hydrogen-bond acceptors (Lipinski definition) is 3. The molecule has 110 valence electrons. The highest BCUT2D eigenvalue weighted by atomic mass is 16.5. The Labute approximate surface area is 126 Å². The summed E-state index contributed by atoms with van der Waals surface area (Å²) < 4.78 is 5.97. The van der Waals surface area contributed by atoms with Crippen molar-refractivity contribution in [2.75, 3.05) is 19.7 Å². The van der Waals surface area contributed by atoms with Gasteiger partial charge in [0.1, 0.15) is 12.4 Å². The van der Waals surface area contributed by atoms with Gasteiger partial charge in [0.15, 0.2) is 0 Å². The fourth-order valence-electron chi connectivity index (χ4n) is 2.93.